The van der Waals surface area contributed by atoms with Crippen LogP contribution in [-0.2, 0) is 14.8 Å². The fourth-order valence-corrected chi connectivity index (χ4v) is 4.80. The van der Waals surface area contributed by atoms with Crippen molar-refractivity contribution in [1.29, 1.82) is 0 Å². The van der Waals surface area contributed by atoms with Gasteiger partial charge in [0.1, 0.15) is 11.5 Å². The van der Waals surface area contributed by atoms with Crippen LogP contribution in [-0.4, -0.2) is 73.4 Å². The van der Waals surface area contributed by atoms with Crippen molar-refractivity contribution in [2.45, 2.75) is 5.60 Å². The Hall–Kier alpha value is -3.13. The number of pyridine rings is 1. The largest absolute Gasteiger partial charge is 0.497 e. The Labute approximate surface area is 181 Å². The Morgan fingerprint density at radius 2 is 1.90 bits per heavy atom. The van der Waals surface area contributed by atoms with Crippen LogP contribution in [0.2, 0.25) is 0 Å². The number of benzene rings is 1. The molecule has 0 saturated carbocycles. The van der Waals surface area contributed by atoms with Crippen molar-refractivity contribution in [1.82, 2.24) is 9.29 Å². The molecule has 9 nitrogen and oxygen atoms in total. The Morgan fingerprint density at radius 1 is 1.23 bits per heavy atom. The van der Waals surface area contributed by atoms with E-state index < -0.39 is 27.3 Å². The van der Waals surface area contributed by atoms with Gasteiger partial charge in [-0.25, -0.2) is 8.42 Å². The molecule has 1 aliphatic rings. The molecule has 2 heterocycles. The van der Waals surface area contributed by atoms with Gasteiger partial charge in [-0.1, -0.05) is 11.8 Å². The minimum atomic E-state index is -3.99. The van der Waals surface area contributed by atoms with Gasteiger partial charge in [-0.05, 0) is 36.4 Å². The summed E-state index contributed by atoms with van der Waals surface area (Å²) < 4.78 is 32.2. The Morgan fingerprint density at radius 3 is 2.45 bits per heavy atom. The molecule has 31 heavy (non-hydrogen) atoms. The van der Waals surface area contributed by atoms with Gasteiger partial charge in [0.25, 0.3) is 5.91 Å². The highest BCUT2D eigenvalue weighted by atomic mass is 32.2. The summed E-state index contributed by atoms with van der Waals surface area (Å²) >= 11 is 0. The maximum Gasteiger partial charge on any atom is 0.263 e. The van der Waals surface area contributed by atoms with E-state index in [-0.39, 0.29) is 13.1 Å². The molecule has 3 rings (SSSR count). The first kappa shape index (κ1) is 22.6. The van der Waals surface area contributed by atoms with Gasteiger partial charge in [-0.3, -0.25) is 9.78 Å². The first-order valence-electron chi connectivity index (χ1n) is 9.56. The SMILES string of the molecule is COc1ccc(N2CCN(S(=O)(=O)CC(O)(C#Cc3cccnc3)C(N)=O)CC2)cc1. The van der Waals surface area contributed by atoms with Gasteiger partial charge in [0.2, 0.25) is 15.6 Å². The van der Waals surface area contributed by atoms with Gasteiger partial charge < -0.3 is 20.5 Å². The molecule has 2 aromatic rings. The average molecular weight is 445 g/mol. The molecule has 10 heteroatoms. The van der Waals surface area contributed by atoms with E-state index in [1.807, 2.05) is 29.2 Å². The normalized spacial score (nSPS) is 16.6. The van der Waals surface area contributed by atoms with Crippen LogP contribution in [0.3, 0.4) is 0 Å². The predicted molar refractivity (Wildman–Crippen MR) is 116 cm³/mol. The monoisotopic (exact) mass is 444 g/mol. The van der Waals surface area contributed by atoms with Crippen LogP contribution in [0, 0.1) is 11.8 Å². The number of carbonyl (C=O) groups is 1. The van der Waals surface area contributed by atoms with Gasteiger partial charge in [-0.2, -0.15) is 4.31 Å². The lowest BCUT2D eigenvalue weighted by Crippen LogP contribution is -2.55. The van der Waals surface area contributed by atoms with Gasteiger partial charge in [0.15, 0.2) is 0 Å². The second kappa shape index (κ2) is 9.34. The van der Waals surface area contributed by atoms with E-state index in [4.69, 9.17) is 10.5 Å². The first-order valence-corrected chi connectivity index (χ1v) is 11.2. The molecule has 0 bridgehead atoms. The number of hydrogen-bond donors (Lipinski definition) is 2. The summed E-state index contributed by atoms with van der Waals surface area (Å²) in [5.74, 6) is 3.49. The molecular weight excluding hydrogens is 420 g/mol. The van der Waals surface area contributed by atoms with E-state index in [0.717, 1.165) is 11.4 Å². The Bertz CT molecular complexity index is 1070. The summed E-state index contributed by atoms with van der Waals surface area (Å²) in [6, 6.07) is 10.7. The van der Waals surface area contributed by atoms with Gasteiger partial charge in [-0.15, -0.1) is 0 Å². The van der Waals surface area contributed by atoms with Crippen LogP contribution in [0.5, 0.6) is 5.75 Å². The van der Waals surface area contributed by atoms with Crippen molar-refractivity contribution >= 4 is 21.6 Å². The molecule has 1 aromatic heterocycles. The fourth-order valence-electron chi connectivity index (χ4n) is 3.15. The molecule has 1 aromatic carbocycles. The van der Waals surface area contributed by atoms with E-state index in [9.17, 15) is 18.3 Å². The second-order valence-electron chi connectivity index (χ2n) is 7.06. The summed E-state index contributed by atoms with van der Waals surface area (Å²) in [5.41, 5.74) is 4.15. The number of carbonyl (C=O) groups excluding carboxylic acids is 1. The van der Waals surface area contributed by atoms with Crippen molar-refractivity contribution in [3.05, 3.63) is 54.4 Å². The zero-order chi connectivity index (χ0) is 22.5. The third kappa shape index (κ3) is 5.52. The first-order chi connectivity index (χ1) is 14.7. The van der Waals surface area contributed by atoms with Crippen LogP contribution < -0.4 is 15.4 Å². The molecule has 1 unspecified atom stereocenters. The number of sulfonamides is 1. The minimum Gasteiger partial charge on any atom is -0.497 e. The van der Waals surface area contributed by atoms with Crippen molar-refractivity contribution in [2.24, 2.45) is 5.73 Å². The molecule has 1 amide bonds. The van der Waals surface area contributed by atoms with Crippen molar-refractivity contribution < 1.29 is 23.1 Å². The predicted octanol–water partition coefficient (Wildman–Crippen LogP) is -0.190. The number of amides is 1. The topological polar surface area (TPSA) is 126 Å². The molecular formula is C21H24N4O5S. The third-order valence-electron chi connectivity index (χ3n) is 4.94. The number of aromatic nitrogens is 1. The summed E-state index contributed by atoms with van der Waals surface area (Å²) in [7, 11) is -2.40. The van der Waals surface area contributed by atoms with E-state index in [2.05, 4.69) is 16.8 Å². The van der Waals surface area contributed by atoms with Crippen LogP contribution in [0.15, 0.2) is 48.8 Å². The average Bonchev–Trinajstić information content (AvgIpc) is 2.78. The lowest BCUT2D eigenvalue weighted by atomic mass is 10.1. The zero-order valence-electron chi connectivity index (χ0n) is 17.1. The van der Waals surface area contributed by atoms with Crippen LogP contribution in [0.25, 0.3) is 0 Å². The smallest absolute Gasteiger partial charge is 0.263 e. The maximum atomic E-state index is 12.9. The van der Waals surface area contributed by atoms with E-state index >= 15 is 0 Å². The molecule has 0 radical (unpaired) electrons. The number of methoxy groups -OCH3 is 1. The highest BCUT2D eigenvalue weighted by molar-refractivity contribution is 7.89. The van der Waals surface area contributed by atoms with Crippen LogP contribution in [0.1, 0.15) is 5.56 Å². The number of hydrogen-bond acceptors (Lipinski definition) is 7. The summed E-state index contributed by atoms with van der Waals surface area (Å²) in [5, 5.41) is 10.6. The number of nitrogens with two attached hydrogens (primary N) is 1. The molecule has 1 aliphatic heterocycles. The number of rotatable bonds is 6. The molecule has 0 spiro atoms. The fraction of sp³-hybridized carbons (Fsp3) is 0.333. The molecule has 164 valence electrons. The molecule has 3 N–H and O–H groups in total. The lowest BCUT2D eigenvalue weighted by molar-refractivity contribution is -0.129. The summed E-state index contributed by atoms with van der Waals surface area (Å²) in [6.45, 7) is 1.34. The summed E-state index contributed by atoms with van der Waals surface area (Å²) in [4.78, 5) is 17.8. The van der Waals surface area contributed by atoms with E-state index in [1.54, 1.807) is 25.4 Å². The molecule has 1 atom stereocenters. The minimum absolute atomic E-state index is 0.208. The lowest BCUT2D eigenvalue weighted by Gasteiger charge is -2.36. The third-order valence-corrected chi connectivity index (χ3v) is 6.88. The van der Waals surface area contributed by atoms with Crippen molar-refractivity contribution in [3.63, 3.8) is 0 Å². The Kier molecular flexibility index (Phi) is 6.80. The molecule has 1 saturated heterocycles. The maximum absolute atomic E-state index is 12.9. The summed E-state index contributed by atoms with van der Waals surface area (Å²) in [6.07, 6.45) is 2.98. The number of ether oxygens (including phenoxy) is 1. The second-order valence-corrected chi connectivity index (χ2v) is 9.03. The standard InChI is InChI=1S/C21H24N4O5S/c1-30-19-6-4-18(5-7-19)24-11-13-25(14-12-24)31(28,29)16-21(27,20(22)26)9-8-17-3-2-10-23-15-17/h2-7,10,15,27H,11-14,16H2,1H3,(H2,22,26). The van der Waals surface area contributed by atoms with Crippen molar-refractivity contribution in [3.8, 4) is 17.6 Å². The van der Waals surface area contributed by atoms with Gasteiger partial charge >= 0.3 is 0 Å². The van der Waals surface area contributed by atoms with E-state index in [0.29, 0.717) is 18.7 Å². The quantitative estimate of drug-likeness (QED) is 0.592. The number of aliphatic hydroxyl groups is 1. The molecule has 1 fully saturated rings. The van der Waals surface area contributed by atoms with Crippen molar-refractivity contribution in [2.75, 3.05) is 43.9 Å². The number of nitrogens with zero attached hydrogens (tertiary/aromatic N) is 3. The highest BCUT2D eigenvalue weighted by Gasteiger charge is 2.41. The van der Waals surface area contributed by atoms with E-state index in [1.165, 1.54) is 10.5 Å². The van der Waals surface area contributed by atoms with Crippen LogP contribution in [0.4, 0.5) is 5.69 Å². The van der Waals surface area contributed by atoms with Gasteiger partial charge in [0, 0.05) is 49.8 Å². The zero-order valence-corrected chi connectivity index (χ0v) is 17.9. The highest BCUT2D eigenvalue weighted by Crippen LogP contribution is 2.22. The number of anilines is 1. The Balaban J connectivity index is 1.69. The van der Waals surface area contributed by atoms with Crippen LogP contribution >= 0.6 is 0 Å². The van der Waals surface area contributed by atoms with Gasteiger partial charge in [0.05, 0.1) is 7.11 Å². The number of piperazine rings is 1. The number of primary amides is 1. The molecule has 0 aliphatic carbocycles.